The summed E-state index contributed by atoms with van der Waals surface area (Å²) in [5.41, 5.74) is 4.42. The van der Waals surface area contributed by atoms with Gasteiger partial charge >= 0.3 is 0 Å². The minimum absolute atomic E-state index is 0.392. The summed E-state index contributed by atoms with van der Waals surface area (Å²) in [4.78, 5) is 0. The predicted octanol–water partition coefficient (Wildman–Crippen LogP) is 6.53. The number of aliphatic hydroxyl groups excluding tert-OH is 1. The summed E-state index contributed by atoms with van der Waals surface area (Å²) in [6.45, 7) is 10.3. The number of hydrogen-bond acceptors (Lipinski definition) is 1. The average Bonchev–Trinajstić information content (AvgIpc) is 2.97. The van der Waals surface area contributed by atoms with Crippen molar-refractivity contribution in [3.05, 3.63) is 23.3 Å². The fourth-order valence-corrected chi connectivity index (χ4v) is 7.79. The first kappa shape index (κ1) is 18.8. The molecule has 0 spiro atoms. The van der Waals surface area contributed by atoms with Crippen LogP contribution in [-0.4, -0.2) is 11.7 Å². The molecule has 26 heavy (non-hydrogen) atoms. The lowest BCUT2D eigenvalue weighted by atomic mass is 9.49. The molecule has 3 saturated carbocycles. The first-order valence-electron chi connectivity index (χ1n) is 11.5. The highest BCUT2D eigenvalue weighted by atomic mass is 16.3. The largest absolute Gasteiger partial charge is 0.396 e. The van der Waals surface area contributed by atoms with Gasteiger partial charge in [0.2, 0.25) is 0 Å². The van der Waals surface area contributed by atoms with Crippen molar-refractivity contribution in [2.45, 2.75) is 85.5 Å². The van der Waals surface area contributed by atoms with Gasteiger partial charge < -0.3 is 5.11 Å². The van der Waals surface area contributed by atoms with E-state index in [0.29, 0.717) is 23.4 Å². The van der Waals surface area contributed by atoms with Gasteiger partial charge in [0.05, 0.1) is 0 Å². The molecule has 4 aliphatic rings. The van der Waals surface area contributed by atoms with Crippen molar-refractivity contribution in [3.63, 3.8) is 0 Å². The molecule has 0 bridgehead atoms. The van der Waals surface area contributed by atoms with Crippen molar-refractivity contribution in [2.75, 3.05) is 6.61 Å². The molecule has 0 saturated heterocycles. The highest BCUT2D eigenvalue weighted by Crippen LogP contribution is 2.66. The Morgan fingerprint density at radius 2 is 1.88 bits per heavy atom. The zero-order valence-corrected chi connectivity index (χ0v) is 17.6. The van der Waals surface area contributed by atoms with E-state index in [0.717, 1.165) is 23.7 Å². The summed E-state index contributed by atoms with van der Waals surface area (Å²) >= 11 is 0. The van der Waals surface area contributed by atoms with Crippen LogP contribution in [-0.2, 0) is 0 Å². The van der Waals surface area contributed by atoms with Gasteiger partial charge in [-0.1, -0.05) is 57.4 Å². The predicted molar refractivity (Wildman–Crippen MR) is 110 cm³/mol. The minimum atomic E-state index is 0.392. The van der Waals surface area contributed by atoms with Crippen LogP contribution < -0.4 is 0 Å². The first-order valence-corrected chi connectivity index (χ1v) is 11.5. The molecule has 7 atom stereocenters. The van der Waals surface area contributed by atoms with E-state index >= 15 is 0 Å². The third kappa shape index (κ3) is 2.67. The Bertz CT molecular complexity index is 601. The Hall–Kier alpha value is -0.560. The van der Waals surface area contributed by atoms with E-state index < -0.39 is 0 Å². The highest BCUT2D eigenvalue weighted by Gasteiger charge is 2.57. The average molecular weight is 357 g/mol. The lowest BCUT2D eigenvalue weighted by Crippen LogP contribution is -2.46. The summed E-state index contributed by atoms with van der Waals surface area (Å²) in [5, 5.41) is 10.1. The van der Waals surface area contributed by atoms with Gasteiger partial charge in [0.1, 0.15) is 0 Å². The lowest BCUT2D eigenvalue weighted by molar-refractivity contribution is 0.0260. The van der Waals surface area contributed by atoms with Crippen molar-refractivity contribution in [1.82, 2.24) is 0 Å². The molecule has 0 aromatic rings. The van der Waals surface area contributed by atoms with Gasteiger partial charge in [0.15, 0.2) is 0 Å². The third-order valence-corrected chi connectivity index (χ3v) is 9.35. The molecule has 1 heteroatoms. The molecule has 7 unspecified atom stereocenters. The van der Waals surface area contributed by atoms with Crippen LogP contribution in [0.25, 0.3) is 0 Å². The van der Waals surface area contributed by atoms with Gasteiger partial charge in [0.25, 0.3) is 0 Å². The fraction of sp³-hybridized carbons (Fsp3) is 0.840. The van der Waals surface area contributed by atoms with Crippen molar-refractivity contribution in [3.8, 4) is 0 Å². The molecule has 4 aliphatic carbocycles. The second kappa shape index (κ2) is 6.80. The summed E-state index contributed by atoms with van der Waals surface area (Å²) in [6.07, 6.45) is 17.1. The summed E-state index contributed by atoms with van der Waals surface area (Å²) in [6, 6.07) is 0. The van der Waals surface area contributed by atoms with Crippen LogP contribution in [0.1, 0.15) is 85.5 Å². The minimum Gasteiger partial charge on any atom is -0.396 e. The fourth-order valence-electron chi connectivity index (χ4n) is 7.79. The molecule has 0 amide bonds. The normalized spacial score (nSPS) is 45.9. The second-order valence-electron chi connectivity index (χ2n) is 10.7. The monoisotopic (exact) mass is 356 g/mol. The number of fused-ring (bicyclic) bond motifs is 5. The van der Waals surface area contributed by atoms with Crippen molar-refractivity contribution < 1.29 is 5.11 Å². The van der Waals surface area contributed by atoms with Crippen molar-refractivity contribution in [2.24, 2.45) is 40.4 Å². The van der Waals surface area contributed by atoms with Crippen LogP contribution in [0.2, 0.25) is 0 Å². The van der Waals surface area contributed by atoms with Crippen molar-refractivity contribution in [1.29, 1.82) is 0 Å². The van der Waals surface area contributed by atoms with Crippen LogP contribution >= 0.6 is 0 Å². The van der Waals surface area contributed by atoms with Crippen molar-refractivity contribution >= 4 is 0 Å². The summed E-state index contributed by atoms with van der Waals surface area (Å²) < 4.78 is 0. The van der Waals surface area contributed by atoms with E-state index in [-0.39, 0.29) is 0 Å². The van der Waals surface area contributed by atoms with E-state index in [4.69, 9.17) is 0 Å². The van der Waals surface area contributed by atoms with E-state index in [2.05, 4.69) is 39.8 Å². The lowest BCUT2D eigenvalue weighted by Gasteiger charge is -2.55. The maximum absolute atomic E-state index is 10.1. The Morgan fingerprint density at radius 3 is 2.62 bits per heavy atom. The zero-order chi connectivity index (χ0) is 18.5. The molecule has 0 aliphatic heterocycles. The molecule has 3 fully saturated rings. The van der Waals surface area contributed by atoms with Crippen LogP contribution in [0.3, 0.4) is 0 Å². The smallest absolute Gasteiger partial charge is 0.0462 e. The van der Waals surface area contributed by atoms with Crippen LogP contribution in [0.5, 0.6) is 0 Å². The Kier molecular flexibility index (Phi) is 4.91. The van der Waals surface area contributed by atoms with E-state index in [1.54, 1.807) is 11.1 Å². The quantitative estimate of drug-likeness (QED) is 0.607. The Balaban J connectivity index is 1.64. The highest BCUT2D eigenvalue weighted by molar-refractivity contribution is 5.38. The molecule has 0 aromatic carbocycles. The molecule has 0 radical (unpaired) electrons. The standard InChI is InChI=1S/C25H40O/c1-5-6-18(16-26)21-9-10-22-20-8-7-19-15-17(2)11-13-24(19,3)23(20)12-14-25(21,22)4/h7-8,17-18,21-23,26H,5-6,9-16H2,1-4H3. The van der Waals surface area contributed by atoms with Crippen LogP contribution in [0.15, 0.2) is 23.3 Å². The molecular weight excluding hydrogens is 316 g/mol. The number of hydrogen-bond donors (Lipinski definition) is 1. The van der Waals surface area contributed by atoms with Gasteiger partial charge in [-0.2, -0.15) is 0 Å². The van der Waals surface area contributed by atoms with E-state index in [9.17, 15) is 5.11 Å². The first-order chi connectivity index (χ1) is 12.4. The molecule has 1 N–H and O–H groups in total. The molecule has 4 rings (SSSR count). The van der Waals surface area contributed by atoms with Crippen LogP contribution in [0, 0.1) is 40.4 Å². The van der Waals surface area contributed by atoms with E-state index in [1.165, 1.54) is 57.8 Å². The number of aliphatic hydroxyl groups is 1. The number of rotatable bonds is 4. The molecule has 146 valence electrons. The van der Waals surface area contributed by atoms with Crippen LogP contribution in [0.4, 0.5) is 0 Å². The second-order valence-corrected chi connectivity index (χ2v) is 10.7. The third-order valence-electron chi connectivity index (χ3n) is 9.35. The SMILES string of the molecule is CCCC(CO)C1CCC2C3=CC=C4CC(C)CCC4(C)C3CCC21C. The van der Waals surface area contributed by atoms with Gasteiger partial charge in [-0.25, -0.2) is 0 Å². The van der Waals surface area contributed by atoms with Gasteiger partial charge in [0, 0.05) is 6.61 Å². The Morgan fingerprint density at radius 1 is 1.08 bits per heavy atom. The summed E-state index contributed by atoms with van der Waals surface area (Å²) in [5.74, 6) is 3.68. The van der Waals surface area contributed by atoms with Gasteiger partial charge in [-0.05, 0) is 91.8 Å². The Labute approximate surface area is 161 Å². The van der Waals surface area contributed by atoms with Gasteiger partial charge in [-0.15, -0.1) is 0 Å². The molecule has 0 aromatic heterocycles. The molecular formula is C25H40O. The molecule has 0 heterocycles. The maximum Gasteiger partial charge on any atom is 0.0462 e. The topological polar surface area (TPSA) is 20.2 Å². The maximum atomic E-state index is 10.1. The number of allylic oxidation sites excluding steroid dienone is 4. The van der Waals surface area contributed by atoms with E-state index in [1.807, 2.05) is 0 Å². The zero-order valence-electron chi connectivity index (χ0n) is 17.6. The summed E-state index contributed by atoms with van der Waals surface area (Å²) in [7, 11) is 0. The molecule has 1 nitrogen and oxygen atoms in total. The van der Waals surface area contributed by atoms with Gasteiger partial charge in [-0.3, -0.25) is 0 Å².